The Morgan fingerprint density at radius 2 is 1.62 bits per heavy atom. The monoisotopic (exact) mass is 397 g/mol. The van der Waals surface area contributed by atoms with E-state index < -0.39 is 5.97 Å². The zero-order valence-electron chi connectivity index (χ0n) is 13.8. The minimum absolute atomic E-state index is 0.204. The topological polar surface area (TPSA) is 64.6 Å². The van der Waals surface area contributed by atoms with Gasteiger partial charge in [-0.1, -0.05) is 48.0 Å². The summed E-state index contributed by atoms with van der Waals surface area (Å²) >= 11 is 3.32. The maximum atomic E-state index is 11.9. The highest BCUT2D eigenvalue weighted by Crippen LogP contribution is 2.17. The Bertz CT molecular complexity index is 524. The van der Waals surface area contributed by atoms with Gasteiger partial charge in [-0.25, -0.2) is 4.79 Å². The van der Waals surface area contributed by atoms with E-state index in [0.717, 1.165) is 30.2 Å². The molecule has 0 unspecified atom stereocenters. The smallest absolute Gasteiger partial charge is 0.344 e. The number of ether oxygens (including phenoxy) is 2. The van der Waals surface area contributed by atoms with Crippen molar-refractivity contribution in [3.8, 4) is 5.75 Å². The molecule has 0 aromatic heterocycles. The van der Waals surface area contributed by atoms with Crippen molar-refractivity contribution >= 4 is 27.8 Å². The second kappa shape index (κ2) is 10.3. The molecule has 0 aliphatic heterocycles. The van der Waals surface area contributed by atoms with Crippen molar-refractivity contribution < 1.29 is 19.1 Å². The van der Waals surface area contributed by atoms with Crippen LogP contribution in [0.2, 0.25) is 0 Å². The van der Waals surface area contributed by atoms with Crippen molar-refractivity contribution in [2.24, 2.45) is 0 Å². The quantitative estimate of drug-likeness (QED) is 0.744. The molecular formula is C18H24BrNO4. The van der Waals surface area contributed by atoms with E-state index in [1.807, 2.05) is 12.1 Å². The lowest BCUT2D eigenvalue weighted by Gasteiger charge is -2.20. The lowest BCUT2D eigenvalue weighted by Crippen LogP contribution is -2.38. The van der Waals surface area contributed by atoms with Crippen molar-refractivity contribution in [2.45, 2.75) is 51.0 Å². The third-order valence-electron chi connectivity index (χ3n) is 4.00. The molecule has 0 atom stereocenters. The first kappa shape index (κ1) is 18.8. The molecule has 0 heterocycles. The Kier molecular flexibility index (Phi) is 8.08. The van der Waals surface area contributed by atoms with Crippen LogP contribution in [0, 0.1) is 0 Å². The molecule has 0 spiro atoms. The normalized spacial score (nSPS) is 15.9. The number of hydrogen-bond donors (Lipinski definition) is 1. The number of carbonyl (C=O) groups excluding carboxylic acids is 2. The maximum Gasteiger partial charge on any atom is 0.344 e. The highest BCUT2D eigenvalue weighted by atomic mass is 79.9. The summed E-state index contributed by atoms with van der Waals surface area (Å²) in [5.74, 6) is -0.211. The van der Waals surface area contributed by atoms with Crippen LogP contribution in [-0.4, -0.2) is 31.1 Å². The molecule has 132 valence electrons. The molecule has 0 bridgehead atoms. The van der Waals surface area contributed by atoms with Crippen LogP contribution in [0.15, 0.2) is 28.7 Å². The number of esters is 1. The number of rotatable bonds is 6. The first-order valence-electron chi connectivity index (χ1n) is 8.47. The maximum absolute atomic E-state index is 11.9. The lowest BCUT2D eigenvalue weighted by atomic mass is 9.97. The SMILES string of the molecule is O=C(COC(=O)COc1ccc(Br)cc1)NC1CCCCCCC1. The summed E-state index contributed by atoms with van der Waals surface area (Å²) in [4.78, 5) is 23.5. The number of nitrogens with one attached hydrogen (secondary N) is 1. The van der Waals surface area contributed by atoms with Crippen LogP contribution in [0.3, 0.4) is 0 Å². The molecule has 1 aromatic rings. The second-order valence-electron chi connectivity index (χ2n) is 6.01. The van der Waals surface area contributed by atoms with Gasteiger partial charge in [0.05, 0.1) is 0 Å². The van der Waals surface area contributed by atoms with Gasteiger partial charge in [-0.3, -0.25) is 4.79 Å². The van der Waals surface area contributed by atoms with E-state index in [-0.39, 0.29) is 25.2 Å². The molecule has 1 aliphatic rings. The molecule has 1 N–H and O–H groups in total. The van der Waals surface area contributed by atoms with E-state index >= 15 is 0 Å². The van der Waals surface area contributed by atoms with Gasteiger partial charge in [-0.15, -0.1) is 0 Å². The summed E-state index contributed by atoms with van der Waals surface area (Å²) in [6.07, 6.45) is 8.05. The number of halogens is 1. The van der Waals surface area contributed by atoms with E-state index in [2.05, 4.69) is 21.2 Å². The van der Waals surface area contributed by atoms with E-state index in [9.17, 15) is 9.59 Å². The van der Waals surface area contributed by atoms with E-state index in [4.69, 9.17) is 9.47 Å². The average molecular weight is 398 g/mol. The molecule has 1 fully saturated rings. The fourth-order valence-corrected chi connectivity index (χ4v) is 2.99. The highest BCUT2D eigenvalue weighted by molar-refractivity contribution is 9.10. The fraction of sp³-hybridized carbons (Fsp3) is 0.556. The molecular weight excluding hydrogens is 374 g/mol. The summed E-state index contributed by atoms with van der Waals surface area (Å²) in [6.45, 7) is -0.461. The van der Waals surface area contributed by atoms with Crippen molar-refractivity contribution in [2.75, 3.05) is 13.2 Å². The fourth-order valence-electron chi connectivity index (χ4n) is 2.73. The molecule has 0 saturated heterocycles. The van der Waals surface area contributed by atoms with Crippen molar-refractivity contribution in [1.29, 1.82) is 0 Å². The van der Waals surface area contributed by atoms with Crippen LogP contribution >= 0.6 is 15.9 Å². The average Bonchev–Trinajstić information content (AvgIpc) is 2.55. The molecule has 1 aliphatic carbocycles. The number of benzene rings is 1. The standard InChI is InChI=1S/C18H24BrNO4/c19-14-8-10-16(11-9-14)23-13-18(22)24-12-17(21)20-15-6-4-2-1-3-5-7-15/h8-11,15H,1-7,12-13H2,(H,20,21). The third-order valence-corrected chi connectivity index (χ3v) is 4.53. The second-order valence-corrected chi connectivity index (χ2v) is 6.93. The predicted molar refractivity (Wildman–Crippen MR) is 94.8 cm³/mol. The van der Waals surface area contributed by atoms with Gasteiger partial charge in [-0.05, 0) is 37.1 Å². The molecule has 5 nitrogen and oxygen atoms in total. The molecule has 0 radical (unpaired) electrons. The first-order chi connectivity index (χ1) is 11.6. The zero-order chi connectivity index (χ0) is 17.2. The zero-order valence-corrected chi connectivity index (χ0v) is 15.3. The predicted octanol–water partition coefficient (Wildman–Crippen LogP) is 3.60. The van der Waals surface area contributed by atoms with Gasteiger partial charge in [0, 0.05) is 10.5 Å². The Morgan fingerprint density at radius 3 is 2.29 bits per heavy atom. The van der Waals surface area contributed by atoms with Crippen LogP contribution in [0.25, 0.3) is 0 Å². The van der Waals surface area contributed by atoms with Crippen LogP contribution in [0.1, 0.15) is 44.9 Å². The number of carbonyl (C=O) groups is 2. The Balaban J connectivity index is 1.63. The Hall–Kier alpha value is -1.56. The van der Waals surface area contributed by atoms with Gasteiger partial charge in [0.15, 0.2) is 13.2 Å². The van der Waals surface area contributed by atoms with Crippen LogP contribution in [-0.2, 0) is 14.3 Å². The van der Waals surface area contributed by atoms with Gasteiger partial charge in [0.2, 0.25) is 0 Å². The van der Waals surface area contributed by atoms with Gasteiger partial charge in [0.25, 0.3) is 5.91 Å². The summed E-state index contributed by atoms with van der Waals surface area (Å²) in [5, 5.41) is 2.96. The van der Waals surface area contributed by atoms with Crippen LogP contribution in [0.4, 0.5) is 0 Å². The Labute approximate surface area is 151 Å². The molecule has 2 rings (SSSR count). The molecule has 1 saturated carbocycles. The Morgan fingerprint density at radius 1 is 1.00 bits per heavy atom. The largest absolute Gasteiger partial charge is 0.482 e. The molecule has 24 heavy (non-hydrogen) atoms. The van der Waals surface area contributed by atoms with Gasteiger partial charge in [-0.2, -0.15) is 0 Å². The minimum atomic E-state index is -0.550. The minimum Gasteiger partial charge on any atom is -0.482 e. The summed E-state index contributed by atoms with van der Waals surface area (Å²) in [5.41, 5.74) is 0. The van der Waals surface area contributed by atoms with Gasteiger partial charge < -0.3 is 14.8 Å². The van der Waals surface area contributed by atoms with Crippen LogP contribution in [0.5, 0.6) is 5.75 Å². The van der Waals surface area contributed by atoms with Gasteiger partial charge >= 0.3 is 5.97 Å². The summed E-state index contributed by atoms with van der Waals surface area (Å²) in [6, 6.07) is 7.35. The molecule has 1 aromatic carbocycles. The lowest BCUT2D eigenvalue weighted by molar-refractivity contribution is -0.150. The van der Waals surface area contributed by atoms with Crippen LogP contribution < -0.4 is 10.1 Å². The van der Waals surface area contributed by atoms with E-state index in [0.29, 0.717) is 5.75 Å². The van der Waals surface area contributed by atoms with E-state index in [1.165, 1.54) is 19.3 Å². The molecule has 6 heteroatoms. The third kappa shape index (κ3) is 7.34. The highest BCUT2D eigenvalue weighted by Gasteiger charge is 2.15. The number of amides is 1. The number of hydrogen-bond acceptors (Lipinski definition) is 4. The van der Waals surface area contributed by atoms with Gasteiger partial charge in [0.1, 0.15) is 5.75 Å². The summed E-state index contributed by atoms with van der Waals surface area (Å²) < 4.78 is 11.2. The first-order valence-corrected chi connectivity index (χ1v) is 9.26. The van der Waals surface area contributed by atoms with Crippen molar-refractivity contribution in [3.63, 3.8) is 0 Å². The van der Waals surface area contributed by atoms with Crippen molar-refractivity contribution in [1.82, 2.24) is 5.32 Å². The summed E-state index contributed by atoms with van der Waals surface area (Å²) in [7, 11) is 0. The van der Waals surface area contributed by atoms with E-state index in [1.54, 1.807) is 12.1 Å². The van der Waals surface area contributed by atoms with Crippen molar-refractivity contribution in [3.05, 3.63) is 28.7 Å². The molecule has 1 amide bonds.